The molecule has 0 saturated heterocycles. The molecule has 0 aliphatic rings. The Morgan fingerprint density at radius 3 is 0.667 bits per heavy atom. The van der Waals surface area contributed by atoms with Gasteiger partial charge in [0.05, 0.1) is 0 Å². The molecular formula is Cl4Rh2. The Morgan fingerprint density at radius 1 is 0.667 bits per heavy atom. The fourth-order valence-electron chi connectivity index (χ4n) is 0. The molecule has 0 fully saturated rings. The van der Waals surface area contributed by atoms with Gasteiger partial charge >= 0.3 is 69.1 Å². The molecule has 0 rings (SSSR count). The van der Waals surface area contributed by atoms with E-state index in [1.807, 2.05) is 0 Å². The molecule has 0 amide bonds. The first-order valence-corrected chi connectivity index (χ1v) is 8.94. The molecule has 0 radical (unpaired) electrons. The van der Waals surface area contributed by atoms with Crippen LogP contribution in [0.4, 0.5) is 0 Å². The second kappa shape index (κ2) is 15.7. The predicted molar refractivity (Wildman–Crippen MR) is 23.4 cm³/mol. The standard InChI is InChI=1S/4ClH.2Rh/h4*1H;;/q;;;;2*+2/p-4. The molecule has 46 valence electrons. The van der Waals surface area contributed by atoms with E-state index in [1.54, 1.807) is 0 Å². The number of halogens is 4. The average molecular weight is 348 g/mol. The number of hydrogen-bond donors (Lipinski definition) is 0. The van der Waals surface area contributed by atoms with Crippen LogP contribution < -0.4 is 0 Å². The van der Waals surface area contributed by atoms with Crippen LogP contribution in [0.15, 0.2) is 0 Å². The van der Waals surface area contributed by atoms with E-state index < -0.39 is 0 Å². The first-order valence-electron chi connectivity index (χ1n) is 0.504. The van der Waals surface area contributed by atoms with Crippen molar-refractivity contribution in [3.05, 3.63) is 0 Å². The van der Waals surface area contributed by atoms with Crippen molar-refractivity contribution in [2.45, 2.75) is 0 Å². The van der Waals surface area contributed by atoms with Crippen molar-refractivity contribution in [1.82, 2.24) is 0 Å². The molecular weight excluding hydrogens is 348 g/mol. The third kappa shape index (κ3) is 32.3. The van der Waals surface area contributed by atoms with Crippen molar-refractivity contribution in [2.24, 2.45) is 0 Å². The molecule has 0 bridgehead atoms. The first-order chi connectivity index (χ1) is 2.83. The fraction of sp³-hybridized carbons (Fsp3) is 0. The Kier molecular flexibility index (Phi) is 29.3. The topological polar surface area (TPSA) is 0 Å². The van der Waals surface area contributed by atoms with Crippen molar-refractivity contribution in [3.8, 4) is 0 Å². The zero-order chi connectivity index (χ0) is 5.41. The summed E-state index contributed by atoms with van der Waals surface area (Å²) in [6.07, 6.45) is 0. The molecule has 0 aromatic heterocycles. The first kappa shape index (κ1) is 11.2. The fourth-order valence-corrected chi connectivity index (χ4v) is 0. The van der Waals surface area contributed by atoms with Gasteiger partial charge in [0.1, 0.15) is 0 Å². The Hall–Kier alpha value is 2.41. The van der Waals surface area contributed by atoms with Crippen LogP contribution >= 0.6 is 38.8 Å². The van der Waals surface area contributed by atoms with Gasteiger partial charge in [-0.2, -0.15) is 0 Å². The van der Waals surface area contributed by atoms with Gasteiger partial charge in [-0.05, 0) is 0 Å². The zero-order valence-corrected chi connectivity index (χ0v) is 8.48. The number of rotatable bonds is 0. The molecule has 0 nitrogen and oxygen atoms in total. The average Bonchev–Trinajstić information content (AvgIpc) is 1.39. The van der Waals surface area contributed by atoms with Crippen LogP contribution in [0.3, 0.4) is 0 Å². The van der Waals surface area contributed by atoms with Gasteiger partial charge in [0.25, 0.3) is 0 Å². The van der Waals surface area contributed by atoms with Gasteiger partial charge in [-0.3, -0.25) is 0 Å². The maximum atomic E-state index is 4.83. The predicted octanol–water partition coefficient (Wildman–Crippen LogP) is 2.75. The van der Waals surface area contributed by atoms with Gasteiger partial charge in [0.2, 0.25) is 0 Å². The second-order valence-corrected chi connectivity index (χ2v) is 5.07. The maximum absolute atomic E-state index is 4.83. The van der Waals surface area contributed by atoms with E-state index in [2.05, 4.69) is 0 Å². The second-order valence-electron chi connectivity index (χ2n) is 0.0952. The van der Waals surface area contributed by atoms with Crippen molar-refractivity contribution < 1.29 is 30.3 Å². The monoisotopic (exact) mass is 346 g/mol. The minimum atomic E-state index is -0.226. The van der Waals surface area contributed by atoms with E-state index in [0.717, 1.165) is 0 Å². The van der Waals surface area contributed by atoms with Crippen molar-refractivity contribution in [1.29, 1.82) is 0 Å². The summed E-state index contributed by atoms with van der Waals surface area (Å²) in [5.74, 6) is 0. The Labute approximate surface area is 68.2 Å². The summed E-state index contributed by atoms with van der Waals surface area (Å²) in [4.78, 5) is 0. The van der Waals surface area contributed by atoms with Crippen LogP contribution in [-0.2, 0) is 30.3 Å². The van der Waals surface area contributed by atoms with Gasteiger partial charge in [-0.1, -0.05) is 0 Å². The minimum absolute atomic E-state index is 0.226. The van der Waals surface area contributed by atoms with Gasteiger partial charge in [-0.15, -0.1) is 0 Å². The Bertz CT molecular complexity index is 7.51. The molecule has 0 aromatic carbocycles. The molecule has 0 aliphatic heterocycles. The van der Waals surface area contributed by atoms with E-state index in [9.17, 15) is 0 Å². The summed E-state index contributed by atoms with van der Waals surface area (Å²) in [5.41, 5.74) is 0. The normalized spacial score (nSPS) is 7.33. The number of hydrogen-bond acceptors (Lipinski definition) is 0. The summed E-state index contributed by atoms with van der Waals surface area (Å²) in [7, 11) is 19.3. The summed E-state index contributed by atoms with van der Waals surface area (Å²) in [6, 6.07) is 0. The molecule has 6 heavy (non-hydrogen) atoms. The van der Waals surface area contributed by atoms with E-state index in [4.69, 9.17) is 38.8 Å². The van der Waals surface area contributed by atoms with Crippen molar-refractivity contribution in [3.63, 3.8) is 0 Å². The van der Waals surface area contributed by atoms with Crippen molar-refractivity contribution in [2.75, 3.05) is 0 Å². The zero-order valence-electron chi connectivity index (χ0n) is 2.18. The van der Waals surface area contributed by atoms with E-state index in [1.165, 1.54) is 0 Å². The Balaban J connectivity index is 0. The summed E-state index contributed by atoms with van der Waals surface area (Å²) in [5, 5.41) is 0. The molecule has 0 N–H and O–H groups in total. The van der Waals surface area contributed by atoms with Crippen LogP contribution in [-0.4, -0.2) is 0 Å². The molecule has 0 heterocycles. The van der Waals surface area contributed by atoms with Crippen LogP contribution in [0.5, 0.6) is 0 Å². The van der Waals surface area contributed by atoms with Crippen LogP contribution in [0.2, 0.25) is 0 Å². The summed E-state index contributed by atoms with van der Waals surface area (Å²) < 4.78 is 0. The van der Waals surface area contributed by atoms with Gasteiger partial charge in [0.15, 0.2) is 0 Å². The van der Waals surface area contributed by atoms with E-state index in [-0.39, 0.29) is 30.3 Å². The van der Waals surface area contributed by atoms with Crippen LogP contribution in [0.25, 0.3) is 0 Å². The molecule has 0 spiro atoms. The van der Waals surface area contributed by atoms with E-state index in [0.29, 0.717) is 0 Å². The third-order valence-electron chi connectivity index (χ3n) is 0. The van der Waals surface area contributed by atoms with E-state index >= 15 is 0 Å². The van der Waals surface area contributed by atoms with Crippen LogP contribution in [0.1, 0.15) is 0 Å². The summed E-state index contributed by atoms with van der Waals surface area (Å²) >= 11 is -0.451. The van der Waals surface area contributed by atoms with Gasteiger partial charge < -0.3 is 0 Å². The van der Waals surface area contributed by atoms with Crippen LogP contribution in [0, 0.1) is 0 Å². The Morgan fingerprint density at radius 2 is 0.667 bits per heavy atom. The summed E-state index contributed by atoms with van der Waals surface area (Å²) in [6.45, 7) is 0. The third-order valence-corrected chi connectivity index (χ3v) is 0. The van der Waals surface area contributed by atoms with Gasteiger partial charge in [-0.25, -0.2) is 0 Å². The molecule has 6 heteroatoms. The van der Waals surface area contributed by atoms with Gasteiger partial charge in [0, 0.05) is 0 Å². The molecule has 0 aromatic rings. The molecule has 0 aliphatic carbocycles. The quantitative estimate of drug-likeness (QED) is 0.591. The van der Waals surface area contributed by atoms with Crippen molar-refractivity contribution >= 4 is 38.8 Å². The molecule has 0 saturated carbocycles. The molecule has 0 unspecified atom stereocenters. The SMILES string of the molecule is [Cl][Rh][Cl].[Cl][Rh][Cl]. The molecule has 0 atom stereocenters.